The van der Waals surface area contributed by atoms with Gasteiger partial charge in [0.1, 0.15) is 0 Å². The fraction of sp³-hybridized carbons (Fsp3) is 0.462. The van der Waals surface area contributed by atoms with Crippen LogP contribution >= 0.6 is 0 Å². The first-order valence-electron chi connectivity index (χ1n) is 5.86. The molecule has 0 spiro atoms. The largest absolute Gasteiger partial charge is 0.351 e. The van der Waals surface area contributed by atoms with Gasteiger partial charge in [0.25, 0.3) is 5.91 Å². The Hall–Kier alpha value is -1.35. The predicted octanol–water partition coefficient (Wildman–Crippen LogP) is 1.12. The topological polar surface area (TPSA) is 41.1 Å². The van der Waals surface area contributed by atoms with Crippen molar-refractivity contribution in [1.82, 2.24) is 10.6 Å². The van der Waals surface area contributed by atoms with E-state index in [1.165, 1.54) is 17.5 Å². The van der Waals surface area contributed by atoms with E-state index in [0.29, 0.717) is 6.54 Å². The molecule has 1 aliphatic carbocycles. The molecule has 3 heteroatoms. The molecule has 86 valence electrons. The van der Waals surface area contributed by atoms with Gasteiger partial charge in [-0.2, -0.15) is 0 Å². The Balaban J connectivity index is 2.01. The molecular formula is C13H18N2O. The lowest BCUT2D eigenvalue weighted by Gasteiger charge is -2.06. The van der Waals surface area contributed by atoms with Gasteiger partial charge in [-0.25, -0.2) is 0 Å². The average Bonchev–Trinajstić information content (AvgIpc) is 2.76. The molecule has 0 aromatic heterocycles. The summed E-state index contributed by atoms with van der Waals surface area (Å²) in [4.78, 5) is 11.8. The van der Waals surface area contributed by atoms with Crippen LogP contribution in [0.2, 0.25) is 0 Å². The van der Waals surface area contributed by atoms with Crippen molar-refractivity contribution < 1.29 is 4.79 Å². The third kappa shape index (κ3) is 2.42. The van der Waals surface area contributed by atoms with Crippen molar-refractivity contribution in [2.75, 3.05) is 20.1 Å². The molecule has 0 heterocycles. The zero-order chi connectivity index (χ0) is 11.4. The number of benzene rings is 1. The number of rotatable bonds is 4. The van der Waals surface area contributed by atoms with Crippen LogP contribution in [0.25, 0.3) is 0 Å². The molecule has 0 radical (unpaired) electrons. The molecule has 1 aromatic rings. The van der Waals surface area contributed by atoms with Crippen molar-refractivity contribution in [3.8, 4) is 0 Å². The molecule has 0 saturated carbocycles. The summed E-state index contributed by atoms with van der Waals surface area (Å²) in [7, 11) is 1.88. The molecular weight excluding hydrogens is 200 g/mol. The number of nitrogens with one attached hydrogen (secondary N) is 2. The third-order valence-electron chi connectivity index (χ3n) is 3.02. The fourth-order valence-electron chi connectivity index (χ4n) is 2.12. The summed E-state index contributed by atoms with van der Waals surface area (Å²) in [5.41, 5.74) is 3.55. The van der Waals surface area contributed by atoms with E-state index in [4.69, 9.17) is 0 Å². The lowest BCUT2D eigenvalue weighted by Crippen LogP contribution is -2.30. The van der Waals surface area contributed by atoms with Crippen molar-refractivity contribution in [2.45, 2.75) is 19.3 Å². The number of aryl methyl sites for hydroxylation is 2. The second-order valence-corrected chi connectivity index (χ2v) is 4.20. The molecule has 1 aliphatic rings. The maximum Gasteiger partial charge on any atom is 0.251 e. The van der Waals surface area contributed by atoms with Crippen LogP contribution in [0.15, 0.2) is 18.2 Å². The summed E-state index contributed by atoms with van der Waals surface area (Å²) >= 11 is 0. The highest BCUT2D eigenvalue weighted by Gasteiger charge is 2.13. The van der Waals surface area contributed by atoms with Crippen molar-refractivity contribution in [3.63, 3.8) is 0 Å². The molecule has 1 amide bonds. The predicted molar refractivity (Wildman–Crippen MR) is 64.7 cm³/mol. The molecule has 2 N–H and O–H groups in total. The highest BCUT2D eigenvalue weighted by molar-refractivity contribution is 5.94. The van der Waals surface area contributed by atoms with Crippen LogP contribution in [0.1, 0.15) is 27.9 Å². The van der Waals surface area contributed by atoms with E-state index in [1.54, 1.807) is 0 Å². The molecule has 0 bridgehead atoms. The SMILES string of the molecule is CNCCNC(=O)c1ccc2c(c1)CCC2. The minimum atomic E-state index is 0.0324. The van der Waals surface area contributed by atoms with E-state index in [9.17, 15) is 4.79 Å². The Labute approximate surface area is 96.2 Å². The number of carbonyl (C=O) groups is 1. The van der Waals surface area contributed by atoms with Gasteiger partial charge < -0.3 is 10.6 Å². The standard InChI is InChI=1S/C13H18N2O/c1-14-7-8-15-13(16)12-6-5-10-3-2-4-11(10)9-12/h5-6,9,14H,2-4,7-8H2,1H3,(H,15,16). The molecule has 0 atom stereocenters. The highest BCUT2D eigenvalue weighted by Crippen LogP contribution is 2.22. The first kappa shape index (κ1) is 11.1. The van der Waals surface area contributed by atoms with Gasteiger partial charge >= 0.3 is 0 Å². The Morgan fingerprint density at radius 3 is 2.88 bits per heavy atom. The van der Waals surface area contributed by atoms with Gasteiger partial charge in [0.15, 0.2) is 0 Å². The van der Waals surface area contributed by atoms with Crippen LogP contribution in [0.4, 0.5) is 0 Å². The van der Waals surface area contributed by atoms with Crippen molar-refractivity contribution in [3.05, 3.63) is 34.9 Å². The zero-order valence-corrected chi connectivity index (χ0v) is 9.68. The molecule has 0 aliphatic heterocycles. The van der Waals surface area contributed by atoms with Gasteiger partial charge in [-0.3, -0.25) is 4.79 Å². The third-order valence-corrected chi connectivity index (χ3v) is 3.02. The van der Waals surface area contributed by atoms with E-state index in [0.717, 1.165) is 24.9 Å². The van der Waals surface area contributed by atoms with Crippen molar-refractivity contribution in [2.24, 2.45) is 0 Å². The number of amides is 1. The lowest BCUT2D eigenvalue weighted by atomic mass is 10.1. The quantitative estimate of drug-likeness (QED) is 0.744. The van der Waals surface area contributed by atoms with Gasteiger partial charge in [0.05, 0.1) is 0 Å². The van der Waals surface area contributed by atoms with Gasteiger partial charge in [-0.1, -0.05) is 6.07 Å². The van der Waals surface area contributed by atoms with Crippen molar-refractivity contribution >= 4 is 5.91 Å². The van der Waals surface area contributed by atoms with Crippen LogP contribution in [0.5, 0.6) is 0 Å². The summed E-state index contributed by atoms with van der Waals surface area (Å²) in [5, 5.41) is 5.89. The number of hydrogen-bond acceptors (Lipinski definition) is 2. The minimum absolute atomic E-state index is 0.0324. The Kier molecular flexibility index (Phi) is 3.57. The minimum Gasteiger partial charge on any atom is -0.351 e. The summed E-state index contributed by atoms with van der Waals surface area (Å²) in [6.45, 7) is 1.48. The van der Waals surface area contributed by atoms with Gasteiger partial charge in [-0.05, 0) is 49.6 Å². The molecule has 0 fully saturated rings. The number of hydrogen-bond donors (Lipinski definition) is 2. The molecule has 0 saturated heterocycles. The molecule has 3 nitrogen and oxygen atoms in total. The van der Waals surface area contributed by atoms with E-state index >= 15 is 0 Å². The summed E-state index contributed by atoms with van der Waals surface area (Å²) in [6, 6.07) is 6.06. The first-order valence-corrected chi connectivity index (χ1v) is 5.86. The van der Waals surface area contributed by atoms with Gasteiger partial charge in [0, 0.05) is 18.7 Å². The van der Waals surface area contributed by atoms with Crippen LogP contribution < -0.4 is 10.6 Å². The van der Waals surface area contributed by atoms with Gasteiger partial charge in [-0.15, -0.1) is 0 Å². The first-order chi connectivity index (χ1) is 7.81. The summed E-state index contributed by atoms with van der Waals surface area (Å²) < 4.78 is 0. The number of likely N-dealkylation sites (N-methyl/N-ethyl adjacent to an activating group) is 1. The Bertz CT molecular complexity index is 388. The number of carbonyl (C=O) groups excluding carboxylic acids is 1. The molecule has 2 rings (SSSR count). The van der Waals surface area contributed by atoms with Crippen LogP contribution in [0.3, 0.4) is 0 Å². The molecule has 0 unspecified atom stereocenters. The summed E-state index contributed by atoms with van der Waals surface area (Å²) in [5.74, 6) is 0.0324. The van der Waals surface area contributed by atoms with Crippen molar-refractivity contribution in [1.29, 1.82) is 0 Å². The second-order valence-electron chi connectivity index (χ2n) is 4.20. The Morgan fingerprint density at radius 1 is 1.25 bits per heavy atom. The van der Waals surface area contributed by atoms with E-state index in [2.05, 4.69) is 16.7 Å². The molecule has 16 heavy (non-hydrogen) atoms. The van der Waals surface area contributed by atoms with E-state index < -0.39 is 0 Å². The zero-order valence-electron chi connectivity index (χ0n) is 9.68. The normalized spacial score (nSPS) is 13.6. The van der Waals surface area contributed by atoms with E-state index in [1.807, 2.05) is 19.2 Å². The maximum absolute atomic E-state index is 11.8. The van der Waals surface area contributed by atoms with Crippen LogP contribution in [-0.4, -0.2) is 26.0 Å². The Morgan fingerprint density at radius 2 is 2.06 bits per heavy atom. The maximum atomic E-state index is 11.8. The van der Waals surface area contributed by atoms with Crippen LogP contribution in [-0.2, 0) is 12.8 Å². The number of fused-ring (bicyclic) bond motifs is 1. The summed E-state index contributed by atoms with van der Waals surface area (Å²) in [6.07, 6.45) is 3.50. The molecule has 1 aromatic carbocycles. The second kappa shape index (κ2) is 5.12. The van der Waals surface area contributed by atoms with Crippen LogP contribution in [0, 0.1) is 0 Å². The smallest absolute Gasteiger partial charge is 0.251 e. The van der Waals surface area contributed by atoms with Gasteiger partial charge in [0.2, 0.25) is 0 Å². The fourth-order valence-corrected chi connectivity index (χ4v) is 2.12. The monoisotopic (exact) mass is 218 g/mol. The van der Waals surface area contributed by atoms with E-state index in [-0.39, 0.29) is 5.91 Å². The highest BCUT2D eigenvalue weighted by atomic mass is 16.1. The average molecular weight is 218 g/mol. The lowest BCUT2D eigenvalue weighted by molar-refractivity contribution is 0.0954.